The molecule has 0 amide bonds. The van der Waals surface area contributed by atoms with Crippen LogP contribution in [0.2, 0.25) is 0 Å². The van der Waals surface area contributed by atoms with Gasteiger partial charge in [-0.2, -0.15) is 5.10 Å². The number of hydrogen-bond donors (Lipinski definition) is 3. The first kappa shape index (κ1) is 8.59. The SMILES string of the molecule is C1=C(C2=CCc3cn[nH]c3N2)CCCN1. The topological polar surface area (TPSA) is 52.7 Å². The number of rotatable bonds is 1. The minimum atomic E-state index is 0.964. The third-order valence-electron chi connectivity index (χ3n) is 2.89. The molecule has 4 nitrogen and oxygen atoms in total. The standard InChI is InChI=1S/C11H14N4/c1-2-8(6-12-5-1)10-4-3-9-7-13-15-11(9)14-10/h4,6-7,12H,1-3,5H2,(H2,13,14,15). The Hall–Kier alpha value is -1.71. The van der Waals surface area contributed by atoms with Gasteiger partial charge in [0.05, 0.1) is 6.20 Å². The average molecular weight is 202 g/mol. The van der Waals surface area contributed by atoms with E-state index in [9.17, 15) is 0 Å². The lowest BCUT2D eigenvalue weighted by atomic mass is 10.0. The lowest BCUT2D eigenvalue weighted by Crippen LogP contribution is -2.18. The van der Waals surface area contributed by atoms with Crippen LogP contribution in [0.15, 0.2) is 29.7 Å². The van der Waals surface area contributed by atoms with Crippen LogP contribution in [0.25, 0.3) is 0 Å². The third kappa shape index (κ3) is 1.52. The van der Waals surface area contributed by atoms with Crippen LogP contribution in [0.4, 0.5) is 5.82 Å². The van der Waals surface area contributed by atoms with Crippen LogP contribution in [-0.2, 0) is 6.42 Å². The summed E-state index contributed by atoms with van der Waals surface area (Å²) in [5.41, 5.74) is 3.82. The maximum absolute atomic E-state index is 4.03. The Morgan fingerprint density at radius 1 is 1.33 bits per heavy atom. The van der Waals surface area contributed by atoms with Crippen LogP contribution >= 0.6 is 0 Å². The van der Waals surface area contributed by atoms with Crippen molar-refractivity contribution in [2.45, 2.75) is 19.3 Å². The van der Waals surface area contributed by atoms with Gasteiger partial charge in [0.1, 0.15) is 5.82 Å². The number of H-pyrrole nitrogens is 1. The van der Waals surface area contributed by atoms with Gasteiger partial charge in [-0.15, -0.1) is 0 Å². The van der Waals surface area contributed by atoms with Crippen LogP contribution in [0, 0.1) is 0 Å². The minimum absolute atomic E-state index is 0.964. The molecule has 3 heterocycles. The average Bonchev–Trinajstić information content (AvgIpc) is 2.77. The Balaban J connectivity index is 1.84. The molecule has 0 atom stereocenters. The summed E-state index contributed by atoms with van der Waals surface area (Å²) in [7, 11) is 0. The summed E-state index contributed by atoms with van der Waals surface area (Å²) in [6.07, 6.45) is 9.55. The second-order valence-electron chi connectivity index (χ2n) is 3.94. The number of nitrogens with zero attached hydrogens (tertiary/aromatic N) is 1. The first-order valence-electron chi connectivity index (χ1n) is 5.36. The minimum Gasteiger partial charge on any atom is -0.391 e. The summed E-state index contributed by atoms with van der Waals surface area (Å²) < 4.78 is 0. The largest absolute Gasteiger partial charge is 0.391 e. The summed E-state index contributed by atoms with van der Waals surface area (Å²) >= 11 is 0. The zero-order valence-electron chi connectivity index (χ0n) is 8.51. The van der Waals surface area contributed by atoms with E-state index in [0.717, 1.165) is 25.2 Å². The Labute approximate surface area is 88.5 Å². The number of aromatic nitrogens is 2. The van der Waals surface area contributed by atoms with E-state index in [2.05, 4.69) is 33.1 Å². The number of anilines is 1. The summed E-state index contributed by atoms with van der Waals surface area (Å²) in [5, 5.41) is 13.7. The quantitative estimate of drug-likeness (QED) is 0.647. The fourth-order valence-electron chi connectivity index (χ4n) is 2.04. The normalized spacial score (nSPS) is 19.5. The van der Waals surface area contributed by atoms with Gasteiger partial charge >= 0.3 is 0 Å². The molecule has 78 valence electrons. The maximum Gasteiger partial charge on any atom is 0.129 e. The van der Waals surface area contributed by atoms with Gasteiger partial charge in [-0.05, 0) is 24.8 Å². The van der Waals surface area contributed by atoms with Crippen LogP contribution in [0.5, 0.6) is 0 Å². The summed E-state index contributed by atoms with van der Waals surface area (Å²) in [4.78, 5) is 0. The molecule has 3 N–H and O–H groups in total. The van der Waals surface area contributed by atoms with E-state index in [1.165, 1.54) is 23.3 Å². The van der Waals surface area contributed by atoms with Crippen LogP contribution in [0.3, 0.4) is 0 Å². The van der Waals surface area contributed by atoms with Crippen LogP contribution in [-0.4, -0.2) is 16.7 Å². The van der Waals surface area contributed by atoms with Crippen molar-refractivity contribution in [2.24, 2.45) is 0 Å². The van der Waals surface area contributed by atoms with Gasteiger partial charge in [-0.1, -0.05) is 6.08 Å². The maximum atomic E-state index is 4.03. The van der Waals surface area contributed by atoms with Crippen LogP contribution in [0.1, 0.15) is 18.4 Å². The molecule has 4 heteroatoms. The Kier molecular flexibility index (Phi) is 1.98. The van der Waals surface area contributed by atoms with E-state index in [1.807, 2.05) is 6.20 Å². The van der Waals surface area contributed by atoms with Crippen molar-refractivity contribution in [2.75, 3.05) is 11.9 Å². The molecule has 0 fully saturated rings. The van der Waals surface area contributed by atoms with Gasteiger partial charge in [0, 0.05) is 24.0 Å². The van der Waals surface area contributed by atoms with Gasteiger partial charge < -0.3 is 10.6 Å². The molecule has 15 heavy (non-hydrogen) atoms. The molecular formula is C11H14N4. The Morgan fingerprint density at radius 2 is 2.33 bits per heavy atom. The van der Waals surface area contributed by atoms with Crippen molar-refractivity contribution in [3.05, 3.63) is 35.3 Å². The molecule has 0 aliphatic carbocycles. The molecular weight excluding hydrogens is 188 g/mol. The summed E-state index contributed by atoms with van der Waals surface area (Å²) in [6.45, 7) is 1.09. The molecule has 3 rings (SSSR count). The highest BCUT2D eigenvalue weighted by Crippen LogP contribution is 2.26. The summed E-state index contributed by atoms with van der Waals surface area (Å²) in [6, 6.07) is 0. The predicted molar refractivity (Wildman–Crippen MR) is 59.3 cm³/mol. The summed E-state index contributed by atoms with van der Waals surface area (Å²) in [5.74, 6) is 1.04. The number of aromatic amines is 1. The van der Waals surface area contributed by atoms with Crippen LogP contribution < -0.4 is 10.6 Å². The van der Waals surface area contributed by atoms with Gasteiger partial charge in [0.15, 0.2) is 0 Å². The predicted octanol–water partition coefficient (Wildman–Crippen LogP) is 1.53. The zero-order valence-corrected chi connectivity index (χ0v) is 8.51. The smallest absolute Gasteiger partial charge is 0.129 e. The van der Waals surface area contributed by atoms with Gasteiger partial charge in [0.2, 0.25) is 0 Å². The number of hydrogen-bond acceptors (Lipinski definition) is 3. The highest BCUT2D eigenvalue weighted by molar-refractivity contribution is 5.57. The number of allylic oxidation sites excluding steroid dienone is 2. The first-order chi connectivity index (χ1) is 7.43. The van der Waals surface area contributed by atoms with Crippen molar-refractivity contribution in [3.63, 3.8) is 0 Å². The second kappa shape index (κ2) is 3.46. The highest BCUT2D eigenvalue weighted by atomic mass is 15.2. The Bertz CT molecular complexity index is 428. The van der Waals surface area contributed by atoms with E-state index in [4.69, 9.17) is 0 Å². The van der Waals surface area contributed by atoms with E-state index in [1.54, 1.807) is 0 Å². The van der Waals surface area contributed by atoms with E-state index in [0.29, 0.717) is 0 Å². The monoisotopic (exact) mass is 202 g/mol. The molecule has 0 bridgehead atoms. The molecule has 0 saturated carbocycles. The molecule has 1 aromatic heterocycles. The number of nitrogens with one attached hydrogen (secondary N) is 3. The van der Waals surface area contributed by atoms with Gasteiger partial charge in [-0.25, -0.2) is 0 Å². The third-order valence-corrected chi connectivity index (χ3v) is 2.89. The van der Waals surface area contributed by atoms with Crippen molar-refractivity contribution in [1.82, 2.24) is 15.5 Å². The lowest BCUT2D eigenvalue weighted by Gasteiger charge is -2.21. The van der Waals surface area contributed by atoms with Crippen molar-refractivity contribution in [3.8, 4) is 0 Å². The molecule has 0 radical (unpaired) electrons. The van der Waals surface area contributed by atoms with E-state index >= 15 is 0 Å². The van der Waals surface area contributed by atoms with Crippen molar-refractivity contribution < 1.29 is 0 Å². The van der Waals surface area contributed by atoms with Gasteiger partial charge in [-0.3, -0.25) is 5.10 Å². The van der Waals surface area contributed by atoms with Crippen molar-refractivity contribution in [1.29, 1.82) is 0 Å². The van der Waals surface area contributed by atoms with E-state index < -0.39 is 0 Å². The fraction of sp³-hybridized carbons (Fsp3) is 0.364. The second-order valence-corrected chi connectivity index (χ2v) is 3.94. The molecule has 0 saturated heterocycles. The molecule has 2 aliphatic heterocycles. The molecule has 0 unspecified atom stereocenters. The molecule has 0 spiro atoms. The highest BCUT2D eigenvalue weighted by Gasteiger charge is 2.15. The number of fused-ring (bicyclic) bond motifs is 1. The molecule has 2 aliphatic rings. The first-order valence-corrected chi connectivity index (χ1v) is 5.36. The fourth-order valence-corrected chi connectivity index (χ4v) is 2.04. The van der Waals surface area contributed by atoms with Gasteiger partial charge in [0.25, 0.3) is 0 Å². The van der Waals surface area contributed by atoms with Crippen molar-refractivity contribution >= 4 is 5.82 Å². The zero-order chi connectivity index (χ0) is 10.1. The lowest BCUT2D eigenvalue weighted by molar-refractivity contribution is 0.703. The molecule has 1 aromatic rings. The Morgan fingerprint density at radius 3 is 3.20 bits per heavy atom. The molecule has 0 aromatic carbocycles. The van der Waals surface area contributed by atoms with E-state index in [-0.39, 0.29) is 0 Å².